The van der Waals surface area contributed by atoms with Crippen molar-refractivity contribution >= 4 is 39.8 Å². The van der Waals surface area contributed by atoms with Crippen molar-refractivity contribution < 1.29 is 23.8 Å². The van der Waals surface area contributed by atoms with E-state index in [0.29, 0.717) is 6.42 Å². The number of ketones is 1. The van der Waals surface area contributed by atoms with E-state index in [9.17, 15) is 18.7 Å². The summed E-state index contributed by atoms with van der Waals surface area (Å²) in [4.78, 5) is 17.8. The predicted octanol–water partition coefficient (Wildman–Crippen LogP) is 4.67. The number of thiophene rings is 3. The van der Waals surface area contributed by atoms with Crippen LogP contribution < -0.4 is 5.32 Å². The molecule has 0 radical (unpaired) electrons. The minimum absolute atomic E-state index is 0.272. The van der Waals surface area contributed by atoms with E-state index in [2.05, 4.69) is 41.0 Å². The molecule has 4 nitrogen and oxygen atoms in total. The van der Waals surface area contributed by atoms with Crippen LogP contribution in [-0.2, 0) is 11.2 Å². The van der Waals surface area contributed by atoms with Crippen molar-refractivity contribution in [3.63, 3.8) is 0 Å². The lowest BCUT2D eigenvalue weighted by Gasteiger charge is -2.31. The van der Waals surface area contributed by atoms with Gasteiger partial charge in [-0.1, -0.05) is 6.07 Å². The van der Waals surface area contributed by atoms with E-state index in [1.807, 2.05) is 6.07 Å². The predicted molar refractivity (Wildman–Crippen MR) is 120 cm³/mol. The van der Waals surface area contributed by atoms with Crippen molar-refractivity contribution in [3.05, 3.63) is 46.7 Å². The van der Waals surface area contributed by atoms with Crippen molar-refractivity contribution in [2.24, 2.45) is 0 Å². The number of aliphatic hydroxyl groups is 2. The summed E-state index contributed by atoms with van der Waals surface area (Å²) in [5.74, 6) is -0.849. The van der Waals surface area contributed by atoms with Gasteiger partial charge in [-0.15, -0.1) is 34.0 Å². The number of aliphatic hydroxyl groups excluding tert-OH is 1. The van der Waals surface area contributed by atoms with Gasteiger partial charge in [-0.05, 0) is 62.0 Å². The highest BCUT2D eigenvalue weighted by Gasteiger charge is 2.44. The highest BCUT2D eigenvalue weighted by atomic mass is 32.1. The van der Waals surface area contributed by atoms with Crippen LogP contribution in [0.2, 0.25) is 0 Å². The average molecular weight is 472 g/mol. The molecular weight excluding hydrogens is 448 g/mol. The van der Waals surface area contributed by atoms with Crippen LogP contribution in [-0.4, -0.2) is 47.2 Å². The molecule has 0 amide bonds. The zero-order valence-electron chi connectivity index (χ0n) is 16.3. The molecule has 0 spiro atoms. The van der Waals surface area contributed by atoms with E-state index in [1.54, 1.807) is 34.0 Å². The van der Waals surface area contributed by atoms with E-state index in [1.165, 1.54) is 19.5 Å². The van der Waals surface area contributed by atoms with Crippen molar-refractivity contribution in [1.29, 1.82) is 0 Å². The number of hydrogen-bond acceptors (Lipinski definition) is 7. The Morgan fingerprint density at radius 2 is 1.77 bits per heavy atom. The maximum Gasteiger partial charge on any atom is 0.268 e. The smallest absolute Gasteiger partial charge is 0.268 e. The Morgan fingerprint density at radius 3 is 2.40 bits per heavy atom. The van der Waals surface area contributed by atoms with Crippen LogP contribution in [0.25, 0.3) is 19.5 Å². The third kappa shape index (κ3) is 5.40. The topological polar surface area (TPSA) is 69.6 Å². The highest BCUT2D eigenvalue weighted by Crippen LogP contribution is 2.39. The number of hydrogen-bond donors (Lipinski definition) is 3. The van der Waals surface area contributed by atoms with Gasteiger partial charge in [0.05, 0.1) is 0 Å². The van der Waals surface area contributed by atoms with Gasteiger partial charge < -0.3 is 15.5 Å². The number of halogens is 2. The molecule has 9 heteroatoms. The second-order valence-corrected chi connectivity index (χ2v) is 10.2. The van der Waals surface area contributed by atoms with E-state index in [0.717, 1.165) is 18.2 Å². The minimum Gasteiger partial charge on any atom is -0.389 e. The van der Waals surface area contributed by atoms with E-state index in [4.69, 9.17) is 5.11 Å². The first-order valence-electron chi connectivity index (χ1n) is 9.43. The molecule has 0 aliphatic heterocycles. The quantitative estimate of drug-likeness (QED) is 0.356. The van der Waals surface area contributed by atoms with E-state index in [-0.39, 0.29) is 6.54 Å². The van der Waals surface area contributed by atoms with E-state index < -0.39 is 30.5 Å². The Bertz CT molecular complexity index is 951. The van der Waals surface area contributed by atoms with Crippen molar-refractivity contribution in [1.82, 2.24) is 5.32 Å². The first kappa shape index (κ1) is 23.2. The molecule has 0 fully saturated rings. The number of rotatable bonds is 11. The summed E-state index contributed by atoms with van der Waals surface area (Å²) in [6.07, 6.45) is -1.77. The lowest BCUT2D eigenvalue weighted by Crippen LogP contribution is -2.58. The summed E-state index contributed by atoms with van der Waals surface area (Å²) < 4.78 is 26.1. The van der Waals surface area contributed by atoms with Crippen molar-refractivity contribution in [3.8, 4) is 19.5 Å². The lowest BCUT2D eigenvalue weighted by atomic mass is 9.93. The SMILES string of the molecule is C[C@@](O)(C(F)F)[C@H](NCCCc1ccc(-c2ccc(-c3cccs3)s2)s1)C(=O)CO. The number of carbonyl (C=O) groups excluding carboxylic acids is 1. The standard InChI is InChI=1S/C21H23F2NO3S3/c1-21(27,20(22)23)19(14(26)12-25)24-10-2-4-13-6-7-17(29-13)18-9-8-16(30-18)15-5-3-11-28-15/h3,5-9,11,19-20,24-25,27H,2,4,10,12H2,1H3/t19-,21+/m1/s1. The Balaban J connectivity index is 1.55. The van der Waals surface area contributed by atoms with Crippen LogP contribution in [0.5, 0.6) is 0 Å². The van der Waals surface area contributed by atoms with Gasteiger partial charge in [0, 0.05) is 24.4 Å². The summed E-state index contributed by atoms with van der Waals surface area (Å²) in [6, 6.07) is 11.0. The Kier molecular flexibility index (Phi) is 7.89. The Morgan fingerprint density at radius 1 is 1.10 bits per heavy atom. The minimum atomic E-state index is -3.10. The van der Waals surface area contributed by atoms with Crippen LogP contribution in [0.15, 0.2) is 41.8 Å². The monoisotopic (exact) mass is 471 g/mol. The molecular formula is C21H23F2NO3S3. The fourth-order valence-electron chi connectivity index (χ4n) is 3.04. The maximum atomic E-state index is 13.1. The molecule has 0 saturated heterocycles. The molecule has 3 heterocycles. The summed E-state index contributed by atoms with van der Waals surface area (Å²) >= 11 is 5.15. The Labute approximate surface area is 185 Å². The van der Waals surface area contributed by atoms with Crippen LogP contribution in [0, 0.1) is 0 Å². The first-order chi connectivity index (χ1) is 14.3. The lowest BCUT2D eigenvalue weighted by molar-refractivity contribution is -0.143. The molecule has 0 aliphatic carbocycles. The second kappa shape index (κ2) is 10.2. The molecule has 162 valence electrons. The Hall–Kier alpha value is -1.49. The molecule has 0 bridgehead atoms. The van der Waals surface area contributed by atoms with Gasteiger partial charge >= 0.3 is 0 Å². The average Bonchev–Trinajstić information content (AvgIpc) is 3.47. The zero-order valence-corrected chi connectivity index (χ0v) is 18.8. The number of carbonyl (C=O) groups is 1. The molecule has 2 atom stereocenters. The number of Topliss-reactive ketones (excluding diaryl/α,β-unsaturated/α-hetero) is 1. The number of nitrogens with one attached hydrogen (secondary N) is 1. The van der Waals surface area contributed by atoms with E-state index >= 15 is 0 Å². The van der Waals surface area contributed by atoms with Gasteiger partial charge in [0.1, 0.15) is 18.2 Å². The van der Waals surface area contributed by atoms with Gasteiger partial charge in [-0.2, -0.15) is 0 Å². The highest BCUT2D eigenvalue weighted by molar-refractivity contribution is 7.26. The molecule has 3 N–H and O–H groups in total. The van der Waals surface area contributed by atoms with Crippen molar-refractivity contribution in [2.75, 3.05) is 13.2 Å². The maximum absolute atomic E-state index is 13.1. The molecule has 0 saturated carbocycles. The molecule has 0 unspecified atom stereocenters. The summed E-state index contributed by atoms with van der Waals surface area (Å²) in [7, 11) is 0. The third-order valence-corrected chi connectivity index (χ3v) is 8.22. The fraction of sp³-hybridized carbons (Fsp3) is 0.381. The molecule has 0 aliphatic rings. The molecule has 0 aromatic carbocycles. The van der Waals surface area contributed by atoms with Gasteiger partial charge in [-0.25, -0.2) is 8.78 Å². The summed E-state index contributed by atoms with van der Waals surface area (Å²) in [6.45, 7) is 0.275. The zero-order chi connectivity index (χ0) is 21.7. The van der Waals surface area contributed by atoms with Crippen molar-refractivity contribution in [2.45, 2.75) is 37.8 Å². The van der Waals surface area contributed by atoms with Gasteiger partial charge in [0.2, 0.25) is 0 Å². The largest absolute Gasteiger partial charge is 0.389 e. The van der Waals surface area contributed by atoms with Crippen LogP contribution >= 0.6 is 34.0 Å². The molecule has 30 heavy (non-hydrogen) atoms. The third-order valence-electron chi connectivity index (χ3n) is 4.73. The van der Waals surface area contributed by atoms with Crippen LogP contribution in [0.4, 0.5) is 8.78 Å². The summed E-state index contributed by atoms with van der Waals surface area (Å²) in [5, 5.41) is 23.7. The van der Waals surface area contributed by atoms with Crippen LogP contribution in [0.1, 0.15) is 18.2 Å². The number of aryl methyl sites for hydroxylation is 1. The normalized spacial score (nSPS) is 14.7. The number of alkyl halides is 2. The van der Waals surface area contributed by atoms with Gasteiger partial charge in [0.15, 0.2) is 5.78 Å². The van der Waals surface area contributed by atoms with Gasteiger partial charge in [-0.3, -0.25) is 4.79 Å². The first-order valence-corrected chi connectivity index (χ1v) is 11.9. The molecule has 3 aromatic heterocycles. The fourth-order valence-corrected chi connectivity index (χ4v) is 6.02. The summed E-state index contributed by atoms with van der Waals surface area (Å²) in [5.41, 5.74) is -2.53. The molecule has 3 aromatic rings. The second-order valence-electron chi connectivity index (χ2n) is 7.05. The molecule has 3 rings (SSSR count). The van der Waals surface area contributed by atoms with Crippen LogP contribution in [0.3, 0.4) is 0 Å². The van der Waals surface area contributed by atoms with Gasteiger partial charge in [0.25, 0.3) is 6.43 Å².